The van der Waals surface area contributed by atoms with E-state index in [1.165, 1.54) is 0 Å². The molecule has 1 aromatic carbocycles. The van der Waals surface area contributed by atoms with Gasteiger partial charge in [0, 0.05) is 11.7 Å². The van der Waals surface area contributed by atoms with Crippen molar-refractivity contribution >= 4 is 23.0 Å². The van der Waals surface area contributed by atoms with Gasteiger partial charge in [-0.05, 0) is 44.1 Å². The third-order valence-corrected chi connectivity index (χ3v) is 3.04. The summed E-state index contributed by atoms with van der Waals surface area (Å²) in [6, 6.07) is 6.25. The largest absolute Gasteiger partial charge is 0.398 e. The highest BCUT2D eigenvalue weighted by Crippen LogP contribution is 2.23. The van der Waals surface area contributed by atoms with Gasteiger partial charge in [0.15, 0.2) is 0 Å². The van der Waals surface area contributed by atoms with Crippen molar-refractivity contribution in [3.05, 3.63) is 23.2 Å². The Labute approximate surface area is 95.0 Å². The molecule has 3 nitrogen and oxygen atoms in total. The van der Waals surface area contributed by atoms with E-state index in [0.717, 1.165) is 31.6 Å². The maximum Gasteiger partial charge on any atom is 0.0655 e. The Balaban J connectivity index is 2.00. The minimum atomic E-state index is 0.547. The lowest BCUT2D eigenvalue weighted by molar-refractivity contribution is 0.479. The van der Waals surface area contributed by atoms with Crippen molar-refractivity contribution in [2.24, 2.45) is 0 Å². The molecule has 0 atom stereocenters. The molecule has 0 radical (unpaired) electrons. The highest BCUT2D eigenvalue weighted by molar-refractivity contribution is 6.33. The molecule has 1 fully saturated rings. The number of anilines is 2. The molecule has 82 valence electrons. The Morgan fingerprint density at radius 3 is 2.73 bits per heavy atom. The molecule has 4 heteroatoms. The minimum absolute atomic E-state index is 0.547. The zero-order valence-corrected chi connectivity index (χ0v) is 9.35. The summed E-state index contributed by atoms with van der Waals surface area (Å²) in [4.78, 5) is 0. The van der Waals surface area contributed by atoms with Crippen molar-refractivity contribution in [3.8, 4) is 0 Å². The van der Waals surface area contributed by atoms with Gasteiger partial charge in [-0.25, -0.2) is 0 Å². The van der Waals surface area contributed by atoms with Crippen molar-refractivity contribution in [3.63, 3.8) is 0 Å². The maximum absolute atomic E-state index is 5.95. The van der Waals surface area contributed by atoms with Crippen LogP contribution >= 0.6 is 11.6 Å². The second kappa shape index (κ2) is 4.73. The zero-order valence-electron chi connectivity index (χ0n) is 8.59. The van der Waals surface area contributed by atoms with Crippen LogP contribution in [0.4, 0.5) is 11.4 Å². The van der Waals surface area contributed by atoms with E-state index in [9.17, 15) is 0 Å². The van der Waals surface area contributed by atoms with Crippen molar-refractivity contribution in [2.45, 2.75) is 18.9 Å². The van der Waals surface area contributed by atoms with Gasteiger partial charge >= 0.3 is 0 Å². The van der Waals surface area contributed by atoms with Gasteiger partial charge in [0.25, 0.3) is 0 Å². The molecular formula is C11H16ClN3. The fraction of sp³-hybridized carbons (Fsp3) is 0.455. The Hall–Kier alpha value is -0.930. The van der Waals surface area contributed by atoms with E-state index >= 15 is 0 Å². The van der Waals surface area contributed by atoms with Gasteiger partial charge in [0.1, 0.15) is 0 Å². The Bertz CT molecular complexity index is 335. The average Bonchev–Trinajstić information content (AvgIpc) is 2.25. The van der Waals surface area contributed by atoms with Gasteiger partial charge in [-0.2, -0.15) is 0 Å². The molecule has 1 aliphatic rings. The van der Waals surface area contributed by atoms with Crippen LogP contribution in [-0.2, 0) is 0 Å². The Morgan fingerprint density at radius 2 is 2.07 bits per heavy atom. The second-order valence-electron chi connectivity index (χ2n) is 3.90. The number of hydrogen-bond acceptors (Lipinski definition) is 3. The average molecular weight is 226 g/mol. The molecule has 1 saturated heterocycles. The van der Waals surface area contributed by atoms with E-state index in [1.54, 1.807) is 0 Å². The third kappa shape index (κ3) is 2.76. The predicted octanol–water partition coefficient (Wildman–Crippen LogP) is 2.09. The molecule has 15 heavy (non-hydrogen) atoms. The normalized spacial score (nSPS) is 17.7. The fourth-order valence-corrected chi connectivity index (χ4v) is 2.00. The van der Waals surface area contributed by atoms with Gasteiger partial charge in [-0.15, -0.1) is 0 Å². The Morgan fingerprint density at radius 1 is 1.33 bits per heavy atom. The van der Waals surface area contributed by atoms with Crippen molar-refractivity contribution < 1.29 is 0 Å². The molecule has 0 unspecified atom stereocenters. The van der Waals surface area contributed by atoms with Crippen molar-refractivity contribution in [2.75, 3.05) is 24.1 Å². The summed E-state index contributed by atoms with van der Waals surface area (Å²) in [5.74, 6) is 0. The number of nitrogens with two attached hydrogens (primary N) is 1. The summed E-state index contributed by atoms with van der Waals surface area (Å²) >= 11 is 5.95. The van der Waals surface area contributed by atoms with Gasteiger partial charge in [0.2, 0.25) is 0 Å². The van der Waals surface area contributed by atoms with E-state index in [-0.39, 0.29) is 0 Å². The summed E-state index contributed by atoms with van der Waals surface area (Å²) in [5.41, 5.74) is 7.34. The van der Waals surface area contributed by atoms with Crippen LogP contribution in [0.25, 0.3) is 0 Å². The van der Waals surface area contributed by atoms with Gasteiger partial charge in [0.05, 0.1) is 10.7 Å². The summed E-state index contributed by atoms with van der Waals surface area (Å²) in [5, 5.41) is 7.42. The summed E-state index contributed by atoms with van der Waals surface area (Å²) in [6.45, 7) is 2.17. The number of nitrogens with one attached hydrogen (secondary N) is 2. The quantitative estimate of drug-likeness (QED) is 0.676. The van der Waals surface area contributed by atoms with Crippen LogP contribution < -0.4 is 16.4 Å². The van der Waals surface area contributed by atoms with Gasteiger partial charge in [-0.1, -0.05) is 11.6 Å². The van der Waals surface area contributed by atoms with Gasteiger partial charge in [-0.3, -0.25) is 0 Å². The third-order valence-electron chi connectivity index (χ3n) is 2.71. The van der Waals surface area contributed by atoms with Crippen LogP contribution in [-0.4, -0.2) is 19.1 Å². The summed E-state index contributed by atoms with van der Waals surface area (Å²) in [7, 11) is 0. The molecule has 0 spiro atoms. The van der Waals surface area contributed by atoms with E-state index in [2.05, 4.69) is 10.6 Å². The highest BCUT2D eigenvalue weighted by atomic mass is 35.5. The van der Waals surface area contributed by atoms with Crippen LogP contribution in [0.1, 0.15) is 12.8 Å². The number of hydrogen-bond donors (Lipinski definition) is 3. The lowest BCUT2D eigenvalue weighted by atomic mass is 10.1. The molecule has 2 rings (SSSR count). The van der Waals surface area contributed by atoms with Crippen LogP contribution in [0, 0.1) is 0 Å². The maximum atomic E-state index is 5.95. The summed E-state index contributed by atoms with van der Waals surface area (Å²) in [6.07, 6.45) is 2.31. The minimum Gasteiger partial charge on any atom is -0.398 e. The van der Waals surface area contributed by atoms with E-state index < -0.39 is 0 Å². The second-order valence-corrected chi connectivity index (χ2v) is 4.31. The lowest BCUT2D eigenvalue weighted by Crippen LogP contribution is -2.35. The monoisotopic (exact) mass is 225 g/mol. The molecule has 4 N–H and O–H groups in total. The first-order valence-electron chi connectivity index (χ1n) is 5.28. The van der Waals surface area contributed by atoms with E-state index in [0.29, 0.717) is 16.8 Å². The smallest absolute Gasteiger partial charge is 0.0655 e. The number of rotatable bonds is 2. The first-order chi connectivity index (χ1) is 7.25. The number of benzene rings is 1. The lowest BCUT2D eigenvalue weighted by Gasteiger charge is -2.24. The Kier molecular flexibility index (Phi) is 3.34. The standard InChI is InChI=1S/C11H16ClN3/c12-10-7-9(1-2-11(10)13)15-8-3-5-14-6-4-8/h1-2,7-8,14-15H,3-6,13H2. The van der Waals surface area contributed by atoms with Crippen LogP contribution in [0.5, 0.6) is 0 Å². The predicted molar refractivity (Wildman–Crippen MR) is 65.4 cm³/mol. The number of nitrogen functional groups attached to an aromatic ring is 1. The molecule has 1 heterocycles. The molecule has 0 bridgehead atoms. The fourth-order valence-electron chi connectivity index (χ4n) is 1.82. The SMILES string of the molecule is Nc1ccc(NC2CCNCC2)cc1Cl. The molecule has 1 aromatic rings. The number of halogens is 1. The van der Waals surface area contributed by atoms with Crippen molar-refractivity contribution in [1.82, 2.24) is 5.32 Å². The first kappa shape index (κ1) is 10.6. The van der Waals surface area contributed by atoms with E-state index in [4.69, 9.17) is 17.3 Å². The van der Waals surface area contributed by atoms with Crippen LogP contribution in [0.15, 0.2) is 18.2 Å². The van der Waals surface area contributed by atoms with Crippen LogP contribution in [0.2, 0.25) is 5.02 Å². The van der Waals surface area contributed by atoms with Crippen LogP contribution in [0.3, 0.4) is 0 Å². The molecule has 0 amide bonds. The van der Waals surface area contributed by atoms with Crippen molar-refractivity contribution in [1.29, 1.82) is 0 Å². The molecule has 1 aliphatic heterocycles. The number of piperidine rings is 1. The molecule has 0 saturated carbocycles. The zero-order chi connectivity index (χ0) is 10.7. The first-order valence-corrected chi connectivity index (χ1v) is 5.66. The topological polar surface area (TPSA) is 50.1 Å². The molecule has 0 aliphatic carbocycles. The summed E-state index contributed by atoms with van der Waals surface area (Å²) < 4.78 is 0. The van der Waals surface area contributed by atoms with E-state index in [1.807, 2.05) is 18.2 Å². The molecular weight excluding hydrogens is 210 g/mol. The molecule has 0 aromatic heterocycles. The van der Waals surface area contributed by atoms with Gasteiger partial charge < -0.3 is 16.4 Å². The highest BCUT2D eigenvalue weighted by Gasteiger charge is 2.12.